The molecule has 92 valence electrons. The Kier molecular flexibility index (Phi) is 4.33. The minimum Gasteiger partial charge on any atom is -0.462 e. The molecular weight excluding hydrogens is 208 g/mol. The second-order valence-electron chi connectivity index (χ2n) is 4.72. The molecule has 0 spiro atoms. The average Bonchev–Trinajstić information content (AvgIpc) is 2.11. The van der Waals surface area contributed by atoms with E-state index in [1.54, 1.807) is 0 Å². The van der Waals surface area contributed by atoms with Crippen LogP contribution < -0.4 is 0 Å². The third-order valence-corrected chi connectivity index (χ3v) is 3.11. The van der Waals surface area contributed by atoms with Crippen LogP contribution in [0, 0.1) is 11.8 Å². The van der Waals surface area contributed by atoms with Crippen LogP contribution in [0.25, 0.3) is 0 Å². The lowest BCUT2D eigenvalue weighted by Gasteiger charge is -2.37. The molecule has 0 aliphatic heterocycles. The van der Waals surface area contributed by atoms with Gasteiger partial charge in [-0.3, -0.25) is 9.59 Å². The van der Waals surface area contributed by atoms with Gasteiger partial charge in [0, 0.05) is 13.8 Å². The maximum Gasteiger partial charge on any atom is 0.302 e. The largest absolute Gasteiger partial charge is 0.462 e. The third-order valence-electron chi connectivity index (χ3n) is 3.11. The van der Waals surface area contributed by atoms with Gasteiger partial charge in [0.25, 0.3) is 0 Å². The Balaban J connectivity index is 2.55. The van der Waals surface area contributed by atoms with E-state index in [4.69, 9.17) is 9.47 Å². The summed E-state index contributed by atoms with van der Waals surface area (Å²) in [6.45, 7) is 6.90. The predicted octanol–water partition coefficient (Wildman–Crippen LogP) is 1.92. The van der Waals surface area contributed by atoms with E-state index in [9.17, 15) is 9.59 Å². The smallest absolute Gasteiger partial charge is 0.302 e. The van der Waals surface area contributed by atoms with Crippen LogP contribution >= 0.6 is 0 Å². The fraction of sp³-hybridized carbons (Fsp3) is 0.833. The van der Waals surface area contributed by atoms with Gasteiger partial charge in [0.2, 0.25) is 0 Å². The lowest BCUT2D eigenvalue weighted by molar-refractivity contribution is -0.163. The van der Waals surface area contributed by atoms with Crippen LogP contribution in [0.1, 0.15) is 40.5 Å². The highest BCUT2D eigenvalue weighted by Crippen LogP contribution is 2.32. The van der Waals surface area contributed by atoms with Crippen molar-refractivity contribution < 1.29 is 19.1 Å². The molecule has 0 unspecified atom stereocenters. The van der Waals surface area contributed by atoms with Gasteiger partial charge in [-0.2, -0.15) is 0 Å². The van der Waals surface area contributed by atoms with Crippen molar-refractivity contribution in [3.8, 4) is 0 Å². The van der Waals surface area contributed by atoms with Gasteiger partial charge >= 0.3 is 11.9 Å². The molecule has 0 aromatic carbocycles. The van der Waals surface area contributed by atoms with E-state index in [1.165, 1.54) is 13.8 Å². The van der Waals surface area contributed by atoms with Gasteiger partial charge in [-0.1, -0.05) is 13.8 Å². The molecule has 4 nitrogen and oxygen atoms in total. The molecule has 1 rings (SSSR count). The van der Waals surface area contributed by atoms with Crippen LogP contribution in [0.4, 0.5) is 0 Å². The van der Waals surface area contributed by atoms with Gasteiger partial charge in [-0.25, -0.2) is 0 Å². The quantitative estimate of drug-likeness (QED) is 0.677. The minimum absolute atomic E-state index is 0.0423. The molecule has 0 amide bonds. The molecule has 4 heteroatoms. The van der Waals surface area contributed by atoms with Crippen molar-refractivity contribution in [1.82, 2.24) is 0 Å². The molecule has 1 saturated carbocycles. The van der Waals surface area contributed by atoms with E-state index >= 15 is 0 Å². The van der Waals surface area contributed by atoms with Crippen molar-refractivity contribution in [3.63, 3.8) is 0 Å². The Morgan fingerprint density at radius 2 is 1.19 bits per heavy atom. The second-order valence-corrected chi connectivity index (χ2v) is 4.72. The van der Waals surface area contributed by atoms with Crippen LogP contribution in [0.15, 0.2) is 0 Å². The summed E-state index contributed by atoms with van der Waals surface area (Å²) in [4.78, 5) is 21.8. The minimum atomic E-state index is -0.241. The van der Waals surface area contributed by atoms with Crippen molar-refractivity contribution in [1.29, 1.82) is 0 Å². The first-order valence-corrected chi connectivity index (χ1v) is 5.74. The molecule has 4 atom stereocenters. The van der Waals surface area contributed by atoms with E-state index in [0.29, 0.717) is 0 Å². The van der Waals surface area contributed by atoms with Crippen LogP contribution in [0.5, 0.6) is 0 Å². The monoisotopic (exact) mass is 228 g/mol. The Morgan fingerprint density at radius 3 is 1.44 bits per heavy atom. The van der Waals surface area contributed by atoms with E-state index in [1.807, 2.05) is 13.8 Å². The first-order valence-electron chi connectivity index (χ1n) is 5.74. The molecule has 1 fully saturated rings. The van der Waals surface area contributed by atoms with Gasteiger partial charge in [0.1, 0.15) is 12.2 Å². The van der Waals surface area contributed by atoms with Crippen molar-refractivity contribution in [2.24, 2.45) is 11.8 Å². The zero-order valence-corrected chi connectivity index (χ0v) is 10.4. The van der Waals surface area contributed by atoms with E-state index < -0.39 is 0 Å². The van der Waals surface area contributed by atoms with Crippen LogP contribution in [-0.4, -0.2) is 24.1 Å². The number of carbonyl (C=O) groups excluding carboxylic acids is 2. The summed E-state index contributed by atoms with van der Waals surface area (Å²) in [5, 5.41) is 0. The van der Waals surface area contributed by atoms with Crippen LogP contribution in [0.3, 0.4) is 0 Å². The molecule has 1 aliphatic carbocycles. The molecular formula is C12H20O4. The molecule has 0 heterocycles. The Morgan fingerprint density at radius 1 is 0.875 bits per heavy atom. The second kappa shape index (κ2) is 5.32. The highest BCUT2D eigenvalue weighted by atomic mass is 16.6. The summed E-state index contributed by atoms with van der Waals surface area (Å²) in [5.74, 6) is -0.00104. The molecule has 0 N–H and O–H groups in total. The maximum absolute atomic E-state index is 10.9. The zero-order valence-electron chi connectivity index (χ0n) is 10.4. The van der Waals surface area contributed by atoms with Crippen LogP contribution in [-0.2, 0) is 19.1 Å². The average molecular weight is 228 g/mol. The molecule has 1 aliphatic rings. The van der Waals surface area contributed by atoms with Gasteiger partial charge in [0.05, 0.1) is 0 Å². The van der Waals surface area contributed by atoms with E-state index in [0.717, 1.165) is 12.8 Å². The topological polar surface area (TPSA) is 52.6 Å². The lowest BCUT2D eigenvalue weighted by atomic mass is 9.79. The van der Waals surface area contributed by atoms with Gasteiger partial charge in [-0.05, 0) is 24.7 Å². The molecule has 0 saturated heterocycles. The summed E-state index contributed by atoms with van der Waals surface area (Å²) >= 11 is 0. The standard InChI is InChI=1S/C12H20O4/c1-7-5-12(16-10(4)14)8(2)6-11(7)15-9(3)13/h7-8,11-12H,5-6H2,1-4H3/t7-,8+,11-,12+. The fourth-order valence-electron chi connectivity index (χ4n) is 2.26. The number of ether oxygens (including phenoxy) is 2. The molecule has 0 aromatic heterocycles. The van der Waals surface area contributed by atoms with E-state index in [-0.39, 0.29) is 36.0 Å². The number of hydrogen-bond acceptors (Lipinski definition) is 4. The van der Waals surface area contributed by atoms with Crippen molar-refractivity contribution in [2.45, 2.75) is 52.7 Å². The lowest BCUT2D eigenvalue weighted by Crippen LogP contribution is -2.40. The van der Waals surface area contributed by atoms with Gasteiger partial charge < -0.3 is 9.47 Å². The van der Waals surface area contributed by atoms with Crippen molar-refractivity contribution >= 4 is 11.9 Å². The third kappa shape index (κ3) is 3.51. The SMILES string of the molecule is CC(=O)O[C@H]1C[C@@H](C)[C@H](OC(C)=O)C[C@@H]1C. The summed E-state index contributed by atoms with van der Waals surface area (Å²) in [6, 6.07) is 0. The number of hydrogen-bond donors (Lipinski definition) is 0. The Labute approximate surface area is 96.3 Å². The fourth-order valence-corrected chi connectivity index (χ4v) is 2.26. The highest BCUT2D eigenvalue weighted by molar-refractivity contribution is 5.66. The van der Waals surface area contributed by atoms with Crippen molar-refractivity contribution in [3.05, 3.63) is 0 Å². The zero-order chi connectivity index (χ0) is 12.3. The van der Waals surface area contributed by atoms with Crippen LogP contribution in [0.2, 0.25) is 0 Å². The predicted molar refractivity (Wildman–Crippen MR) is 58.7 cm³/mol. The number of esters is 2. The summed E-state index contributed by atoms with van der Waals surface area (Å²) < 4.78 is 10.5. The molecule has 0 bridgehead atoms. The summed E-state index contributed by atoms with van der Waals surface area (Å²) in [6.07, 6.45) is 1.44. The molecule has 0 aromatic rings. The summed E-state index contributed by atoms with van der Waals surface area (Å²) in [5.41, 5.74) is 0. The number of rotatable bonds is 2. The summed E-state index contributed by atoms with van der Waals surface area (Å²) in [7, 11) is 0. The van der Waals surface area contributed by atoms with Crippen molar-refractivity contribution in [2.75, 3.05) is 0 Å². The van der Waals surface area contributed by atoms with Gasteiger partial charge in [-0.15, -0.1) is 0 Å². The molecule has 0 radical (unpaired) electrons. The van der Waals surface area contributed by atoms with E-state index in [2.05, 4.69) is 0 Å². The van der Waals surface area contributed by atoms with Gasteiger partial charge in [0.15, 0.2) is 0 Å². The Hall–Kier alpha value is -1.06. The Bertz CT molecular complexity index is 246. The molecule has 16 heavy (non-hydrogen) atoms. The first kappa shape index (κ1) is 13.0. The highest BCUT2D eigenvalue weighted by Gasteiger charge is 2.36. The first-order chi connectivity index (χ1) is 7.40. The number of carbonyl (C=O) groups is 2. The maximum atomic E-state index is 10.9. The normalized spacial score (nSPS) is 34.2.